The lowest BCUT2D eigenvalue weighted by Gasteiger charge is -2.15. The van der Waals surface area contributed by atoms with Crippen LogP contribution in [0.4, 0.5) is 5.69 Å². The molecule has 2 aromatic rings. The Morgan fingerprint density at radius 1 is 1.24 bits per heavy atom. The Morgan fingerprint density at radius 3 is 2.68 bits per heavy atom. The lowest BCUT2D eigenvalue weighted by Crippen LogP contribution is -2.36. The molecule has 0 spiro atoms. The summed E-state index contributed by atoms with van der Waals surface area (Å²) < 4.78 is 0. The number of nitrogens with one attached hydrogen (secondary N) is 2. The fraction of sp³-hybridized carbons (Fsp3) is 0.333. The Morgan fingerprint density at radius 2 is 2.04 bits per heavy atom. The van der Waals surface area contributed by atoms with Gasteiger partial charge in [0, 0.05) is 23.9 Å². The minimum atomic E-state index is -0.728. The predicted octanol–water partition coefficient (Wildman–Crippen LogP) is 3.32. The molecule has 1 aromatic heterocycles. The minimum absolute atomic E-state index is 0.0864. The van der Waals surface area contributed by atoms with Crippen LogP contribution in [0, 0.1) is 6.92 Å². The summed E-state index contributed by atoms with van der Waals surface area (Å²) in [6.07, 6.45) is 1.29. The summed E-state index contributed by atoms with van der Waals surface area (Å²) in [5, 5.41) is 18.9. The van der Waals surface area contributed by atoms with Gasteiger partial charge in [0.15, 0.2) is 0 Å². The van der Waals surface area contributed by atoms with Crippen LogP contribution < -0.4 is 10.6 Å². The van der Waals surface area contributed by atoms with Crippen LogP contribution in [0.3, 0.4) is 0 Å². The van der Waals surface area contributed by atoms with Gasteiger partial charge in [-0.25, -0.2) is 0 Å². The molecule has 2 rings (SSSR count). The Kier molecular flexibility index (Phi) is 7.43. The highest BCUT2D eigenvalue weighted by molar-refractivity contribution is 7.08. The van der Waals surface area contributed by atoms with E-state index >= 15 is 0 Å². The minimum Gasteiger partial charge on any atom is -0.396 e. The first kappa shape index (κ1) is 19.4. The lowest BCUT2D eigenvalue weighted by atomic mass is 9.95. The van der Waals surface area contributed by atoms with E-state index in [1.807, 2.05) is 23.8 Å². The largest absolute Gasteiger partial charge is 0.396 e. The lowest BCUT2D eigenvalue weighted by molar-refractivity contribution is -0.136. The third kappa shape index (κ3) is 5.85. The highest BCUT2D eigenvalue weighted by Gasteiger charge is 2.16. The van der Waals surface area contributed by atoms with E-state index in [9.17, 15) is 14.7 Å². The van der Waals surface area contributed by atoms with Crippen molar-refractivity contribution in [3.63, 3.8) is 0 Å². The molecule has 0 aliphatic heterocycles. The van der Waals surface area contributed by atoms with Crippen LogP contribution in [-0.2, 0) is 9.59 Å². The van der Waals surface area contributed by atoms with Crippen molar-refractivity contribution in [2.24, 2.45) is 0 Å². The second-order valence-corrected chi connectivity index (χ2v) is 6.92. The van der Waals surface area contributed by atoms with Crippen molar-refractivity contribution in [3.05, 3.63) is 51.2 Å². The third-order valence-electron chi connectivity index (χ3n) is 3.91. The average Bonchev–Trinajstić information content (AvgIpc) is 3.11. The Bertz CT molecular complexity index is 719. The molecular formula is C18H21ClN2O3S. The van der Waals surface area contributed by atoms with E-state index in [2.05, 4.69) is 10.6 Å². The predicted molar refractivity (Wildman–Crippen MR) is 101 cm³/mol. The smallest absolute Gasteiger partial charge is 0.313 e. The average molecular weight is 381 g/mol. The molecule has 5 nitrogen and oxygen atoms in total. The van der Waals surface area contributed by atoms with Crippen LogP contribution >= 0.6 is 22.9 Å². The van der Waals surface area contributed by atoms with Gasteiger partial charge in [-0.1, -0.05) is 17.7 Å². The third-order valence-corrected chi connectivity index (χ3v) is 5.02. The molecule has 1 atom stereocenters. The van der Waals surface area contributed by atoms with Crippen molar-refractivity contribution < 1.29 is 14.7 Å². The number of aryl methyl sites for hydroxylation is 1. The molecule has 0 aliphatic carbocycles. The summed E-state index contributed by atoms with van der Waals surface area (Å²) in [4.78, 5) is 23.9. The molecular weight excluding hydrogens is 360 g/mol. The molecule has 0 bridgehead atoms. The number of aliphatic hydroxyl groups excluding tert-OH is 1. The van der Waals surface area contributed by atoms with Crippen LogP contribution in [0.15, 0.2) is 35.0 Å². The maximum absolute atomic E-state index is 11.9. The Hall–Kier alpha value is -1.89. The fourth-order valence-corrected chi connectivity index (χ4v) is 3.36. The standard InChI is InChI=1S/C18H21ClN2O3S/c1-12-2-3-15(10-16(12)19)21-18(24)17(23)20-7-4-13(5-8-22)14-6-9-25-11-14/h2-3,6,9-11,13,22H,4-5,7-8H2,1H3,(H,20,23)(H,21,24)/t13-/m0/s1. The van der Waals surface area contributed by atoms with Crippen molar-refractivity contribution in [2.45, 2.75) is 25.7 Å². The van der Waals surface area contributed by atoms with E-state index in [1.165, 1.54) is 0 Å². The quantitative estimate of drug-likeness (QED) is 0.645. The van der Waals surface area contributed by atoms with Crippen molar-refractivity contribution in [1.82, 2.24) is 5.32 Å². The molecule has 0 saturated heterocycles. The van der Waals surface area contributed by atoms with Crippen LogP contribution in [0.1, 0.15) is 29.9 Å². The number of anilines is 1. The molecule has 2 amide bonds. The SMILES string of the molecule is Cc1ccc(NC(=O)C(=O)NCC[C@@H](CCO)c2ccsc2)cc1Cl. The summed E-state index contributed by atoms with van der Waals surface area (Å²) in [5.74, 6) is -1.26. The number of carbonyl (C=O) groups excluding carboxylic acids is 2. The van der Waals surface area contributed by atoms with Gasteiger partial charge in [-0.05, 0) is 65.8 Å². The molecule has 0 radical (unpaired) electrons. The van der Waals surface area contributed by atoms with Crippen LogP contribution in [0.2, 0.25) is 5.02 Å². The summed E-state index contributed by atoms with van der Waals surface area (Å²) in [6, 6.07) is 7.09. The van der Waals surface area contributed by atoms with Gasteiger partial charge in [-0.3, -0.25) is 9.59 Å². The van der Waals surface area contributed by atoms with E-state index < -0.39 is 11.8 Å². The van der Waals surface area contributed by atoms with E-state index in [4.69, 9.17) is 11.6 Å². The van der Waals surface area contributed by atoms with Crippen molar-refractivity contribution in [2.75, 3.05) is 18.5 Å². The van der Waals surface area contributed by atoms with Crippen LogP contribution in [-0.4, -0.2) is 30.1 Å². The van der Waals surface area contributed by atoms with Gasteiger partial charge in [0.25, 0.3) is 0 Å². The van der Waals surface area contributed by atoms with Gasteiger partial charge in [-0.15, -0.1) is 0 Å². The highest BCUT2D eigenvalue weighted by Crippen LogP contribution is 2.24. The van der Waals surface area contributed by atoms with E-state index in [0.717, 1.165) is 11.1 Å². The zero-order valence-corrected chi connectivity index (χ0v) is 15.5. The van der Waals surface area contributed by atoms with Crippen molar-refractivity contribution in [1.29, 1.82) is 0 Å². The maximum atomic E-state index is 11.9. The molecule has 0 aliphatic rings. The first-order valence-corrected chi connectivity index (χ1v) is 9.31. The van der Waals surface area contributed by atoms with Gasteiger partial charge >= 0.3 is 11.8 Å². The number of aliphatic hydroxyl groups is 1. The number of rotatable bonds is 7. The van der Waals surface area contributed by atoms with Crippen molar-refractivity contribution >= 4 is 40.4 Å². The normalized spacial score (nSPS) is 11.8. The number of carbonyl (C=O) groups is 2. The van der Waals surface area contributed by atoms with Crippen LogP contribution in [0.25, 0.3) is 0 Å². The number of hydrogen-bond acceptors (Lipinski definition) is 4. The Balaban J connectivity index is 1.82. The van der Waals surface area contributed by atoms with Gasteiger partial charge in [0.1, 0.15) is 0 Å². The molecule has 3 N–H and O–H groups in total. The highest BCUT2D eigenvalue weighted by atomic mass is 35.5. The molecule has 1 heterocycles. The maximum Gasteiger partial charge on any atom is 0.313 e. The first-order chi connectivity index (χ1) is 12.0. The molecule has 0 fully saturated rings. The monoisotopic (exact) mass is 380 g/mol. The number of amides is 2. The number of benzene rings is 1. The zero-order chi connectivity index (χ0) is 18.2. The summed E-state index contributed by atoms with van der Waals surface area (Å²) in [7, 11) is 0. The second kappa shape index (κ2) is 9.56. The summed E-state index contributed by atoms with van der Waals surface area (Å²) in [6.45, 7) is 2.31. The van der Waals surface area contributed by atoms with E-state index in [1.54, 1.807) is 29.5 Å². The van der Waals surface area contributed by atoms with Crippen molar-refractivity contribution in [3.8, 4) is 0 Å². The number of thiophene rings is 1. The Labute approximate surface area is 156 Å². The van der Waals surface area contributed by atoms with E-state index in [0.29, 0.717) is 30.1 Å². The molecule has 7 heteroatoms. The molecule has 134 valence electrons. The fourth-order valence-electron chi connectivity index (χ4n) is 2.44. The first-order valence-electron chi connectivity index (χ1n) is 7.99. The summed E-state index contributed by atoms with van der Waals surface area (Å²) in [5.41, 5.74) is 2.52. The van der Waals surface area contributed by atoms with Gasteiger partial charge in [0.2, 0.25) is 0 Å². The molecule has 0 saturated carbocycles. The van der Waals surface area contributed by atoms with Crippen LogP contribution in [0.5, 0.6) is 0 Å². The summed E-state index contributed by atoms with van der Waals surface area (Å²) >= 11 is 7.60. The second-order valence-electron chi connectivity index (χ2n) is 5.73. The van der Waals surface area contributed by atoms with Gasteiger partial charge in [-0.2, -0.15) is 11.3 Å². The topological polar surface area (TPSA) is 78.4 Å². The molecule has 1 aromatic carbocycles. The number of halogens is 1. The van der Waals surface area contributed by atoms with Gasteiger partial charge < -0.3 is 15.7 Å². The zero-order valence-electron chi connectivity index (χ0n) is 13.9. The molecule has 0 unspecified atom stereocenters. The van der Waals surface area contributed by atoms with Gasteiger partial charge in [0.05, 0.1) is 0 Å². The van der Waals surface area contributed by atoms with E-state index in [-0.39, 0.29) is 12.5 Å². The number of hydrogen-bond donors (Lipinski definition) is 3. The molecule has 25 heavy (non-hydrogen) atoms.